The molecule has 0 aliphatic rings. The Balaban J connectivity index is 2.40. The maximum atomic E-state index is 12.8. The van der Waals surface area contributed by atoms with E-state index in [2.05, 4.69) is 4.40 Å². The van der Waals surface area contributed by atoms with Gasteiger partial charge in [-0.05, 0) is 12.1 Å². The Bertz CT molecular complexity index is 1010. The molecule has 10 heteroatoms. The summed E-state index contributed by atoms with van der Waals surface area (Å²) in [6.07, 6.45) is 1.25. The highest BCUT2D eigenvalue weighted by atomic mass is 32.2. The summed E-state index contributed by atoms with van der Waals surface area (Å²) in [6, 6.07) is 9.58. The van der Waals surface area contributed by atoms with E-state index in [1.807, 2.05) is 0 Å². The average molecular weight is 436 g/mol. The third kappa shape index (κ3) is 5.01. The first-order chi connectivity index (χ1) is 14.3. The highest BCUT2D eigenvalue weighted by molar-refractivity contribution is 7.92. The van der Waals surface area contributed by atoms with Crippen molar-refractivity contribution in [3.05, 3.63) is 42.0 Å². The van der Waals surface area contributed by atoms with Gasteiger partial charge in [-0.25, -0.2) is 0 Å². The van der Waals surface area contributed by atoms with E-state index in [0.717, 1.165) is 6.92 Å². The molecule has 0 spiro atoms. The van der Waals surface area contributed by atoms with Crippen LogP contribution in [0.1, 0.15) is 12.5 Å². The van der Waals surface area contributed by atoms with E-state index in [1.165, 1.54) is 40.7 Å². The number of hydrogen-bond acceptors (Lipinski definition) is 7. The Morgan fingerprint density at radius 1 is 0.967 bits per heavy atom. The first kappa shape index (κ1) is 23.0. The summed E-state index contributed by atoms with van der Waals surface area (Å²) in [4.78, 5) is 12.1. The lowest BCUT2D eigenvalue weighted by molar-refractivity contribution is -0.115. The molecule has 2 aromatic carbocycles. The molecule has 30 heavy (non-hydrogen) atoms. The predicted octanol–water partition coefficient (Wildman–Crippen LogP) is 2.63. The predicted molar refractivity (Wildman–Crippen MR) is 113 cm³/mol. The van der Waals surface area contributed by atoms with Gasteiger partial charge < -0.3 is 18.9 Å². The van der Waals surface area contributed by atoms with E-state index in [1.54, 1.807) is 30.3 Å². The number of amides is 1. The minimum Gasteiger partial charge on any atom is -0.496 e. The van der Waals surface area contributed by atoms with Crippen molar-refractivity contribution in [2.45, 2.75) is 13.3 Å². The molecule has 0 bridgehead atoms. The second kappa shape index (κ2) is 9.97. The fourth-order valence-corrected chi connectivity index (χ4v) is 3.88. The van der Waals surface area contributed by atoms with Gasteiger partial charge in [0.25, 0.3) is 0 Å². The molecule has 0 aliphatic heterocycles. The Labute approximate surface area is 176 Å². The quantitative estimate of drug-likeness (QED) is 0.557. The number of nitrogens with zero attached hydrogens (tertiary/aromatic N) is 2. The minimum atomic E-state index is -4.36. The van der Waals surface area contributed by atoms with Gasteiger partial charge in [-0.3, -0.25) is 4.79 Å². The van der Waals surface area contributed by atoms with Gasteiger partial charge in [-0.2, -0.15) is 17.1 Å². The summed E-state index contributed by atoms with van der Waals surface area (Å²) in [7, 11) is 1.49. The molecular formula is C20H24N2O7S. The van der Waals surface area contributed by atoms with Crippen LogP contribution in [0.25, 0.3) is 0 Å². The van der Waals surface area contributed by atoms with Gasteiger partial charge in [0.05, 0.1) is 28.4 Å². The Morgan fingerprint density at radius 3 is 2.03 bits per heavy atom. The van der Waals surface area contributed by atoms with E-state index in [-0.39, 0.29) is 17.9 Å². The normalized spacial score (nSPS) is 11.2. The number of anilines is 1. The first-order valence-electron chi connectivity index (χ1n) is 8.80. The van der Waals surface area contributed by atoms with Crippen molar-refractivity contribution >= 4 is 28.0 Å². The smallest absolute Gasteiger partial charge is 0.351 e. The second-order valence-corrected chi connectivity index (χ2v) is 7.41. The Kier molecular flexibility index (Phi) is 7.65. The van der Waals surface area contributed by atoms with Crippen molar-refractivity contribution in [1.82, 2.24) is 0 Å². The number of carbonyl (C=O) groups excluding carboxylic acids is 1. The second-order valence-electron chi connectivity index (χ2n) is 5.94. The van der Waals surface area contributed by atoms with Crippen molar-refractivity contribution in [3.8, 4) is 23.0 Å². The maximum absolute atomic E-state index is 12.8. The molecule has 0 unspecified atom stereocenters. The number of methoxy groups -OCH3 is 4. The van der Waals surface area contributed by atoms with E-state index in [0.29, 0.717) is 27.1 Å². The summed E-state index contributed by atoms with van der Waals surface area (Å²) in [5, 5.41) is 0. The molecule has 0 saturated carbocycles. The van der Waals surface area contributed by atoms with Gasteiger partial charge >= 0.3 is 10.2 Å². The molecule has 0 N–H and O–H groups in total. The van der Waals surface area contributed by atoms with Gasteiger partial charge in [0, 0.05) is 37.3 Å². The maximum Gasteiger partial charge on any atom is 0.351 e. The fraction of sp³-hybridized carbons (Fsp3) is 0.300. The largest absolute Gasteiger partial charge is 0.496 e. The molecule has 0 aromatic heterocycles. The van der Waals surface area contributed by atoms with Crippen molar-refractivity contribution < 1.29 is 32.2 Å². The molecule has 162 valence electrons. The molecule has 0 heterocycles. The van der Waals surface area contributed by atoms with Crippen LogP contribution in [-0.2, 0) is 21.4 Å². The molecule has 1 amide bonds. The topological polar surface area (TPSA) is 104 Å². The summed E-state index contributed by atoms with van der Waals surface area (Å²) in [5.41, 5.74) is 0.649. The number of hydrogen-bond donors (Lipinski definition) is 0. The molecule has 0 aliphatic carbocycles. The summed E-state index contributed by atoms with van der Waals surface area (Å²) in [6.45, 7) is 1.13. The van der Waals surface area contributed by atoms with Gasteiger partial charge in [0.15, 0.2) is 0 Å². The standard InChI is InChI=1S/C20H24N2O7S/c1-14(23)22(17-8-6-7-9-18(17)27-3)30(24,25)21-11-10-16-19(28-4)12-15(26-2)13-20(16)29-5/h6-9,11-13H,10H2,1-5H3. The van der Waals surface area contributed by atoms with E-state index in [9.17, 15) is 13.2 Å². The van der Waals surface area contributed by atoms with Crippen molar-refractivity contribution in [2.24, 2.45) is 4.40 Å². The zero-order valence-corrected chi connectivity index (χ0v) is 18.2. The summed E-state index contributed by atoms with van der Waals surface area (Å²) < 4.78 is 50.9. The van der Waals surface area contributed by atoms with Gasteiger partial charge in [0.1, 0.15) is 28.7 Å². The van der Waals surface area contributed by atoms with Crippen LogP contribution in [0.5, 0.6) is 23.0 Å². The molecular weight excluding hydrogens is 412 g/mol. The zero-order valence-electron chi connectivity index (χ0n) is 17.4. The Morgan fingerprint density at radius 2 is 1.53 bits per heavy atom. The van der Waals surface area contributed by atoms with E-state index in [4.69, 9.17) is 18.9 Å². The van der Waals surface area contributed by atoms with Crippen LogP contribution >= 0.6 is 0 Å². The first-order valence-corrected chi connectivity index (χ1v) is 10.2. The van der Waals surface area contributed by atoms with Gasteiger partial charge in [-0.1, -0.05) is 12.1 Å². The molecule has 2 rings (SSSR count). The zero-order chi connectivity index (χ0) is 22.3. The molecule has 0 fully saturated rings. The molecule has 9 nitrogen and oxygen atoms in total. The SMILES string of the molecule is COc1cc(OC)c(CC=NS(=O)(=O)N(C(C)=O)c2ccccc2OC)c(OC)c1. The van der Waals surface area contributed by atoms with Crippen molar-refractivity contribution in [3.63, 3.8) is 0 Å². The van der Waals surface area contributed by atoms with E-state index < -0.39 is 16.1 Å². The highest BCUT2D eigenvalue weighted by Crippen LogP contribution is 2.34. The van der Waals surface area contributed by atoms with Crippen LogP contribution in [0.15, 0.2) is 40.8 Å². The minimum absolute atomic E-state index is 0.0734. The highest BCUT2D eigenvalue weighted by Gasteiger charge is 2.28. The van der Waals surface area contributed by atoms with Crippen LogP contribution in [0.3, 0.4) is 0 Å². The number of rotatable bonds is 9. The molecule has 0 atom stereocenters. The fourth-order valence-electron chi connectivity index (χ4n) is 2.80. The van der Waals surface area contributed by atoms with Crippen LogP contribution in [0, 0.1) is 0 Å². The number of benzene rings is 2. The lowest BCUT2D eigenvalue weighted by Gasteiger charge is -2.20. The summed E-state index contributed by atoms with van der Waals surface area (Å²) in [5.74, 6) is 0.920. The molecule has 0 radical (unpaired) electrons. The number of para-hydroxylation sites is 2. The van der Waals surface area contributed by atoms with Crippen LogP contribution < -0.4 is 23.3 Å². The summed E-state index contributed by atoms with van der Waals surface area (Å²) >= 11 is 0. The molecule has 2 aromatic rings. The van der Waals surface area contributed by atoms with Crippen LogP contribution in [0.2, 0.25) is 0 Å². The number of ether oxygens (including phenoxy) is 4. The monoisotopic (exact) mass is 436 g/mol. The van der Waals surface area contributed by atoms with Crippen LogP contribution in [0.4, 0.5) is 5.69 Å². The molecule has 0 saturated heterocycles. The van der Waals surface area contributed by atoms with Crippen molar-refractivity contribution in [1.29, 1.82) is 0 Å². The third-order valence-corrected chi connectivity index (χ3v) is 5.47. The average Bonchev–Trinajstić information content (AvgIpc) is 2.73. The van der Waals surface area contributed by atoms with Gasteiger partial charge in [-0.15, -0.1) is 0 Å². The lowest BCUT2D eigenvalue weighted by atomic mass is 10.1. The van der Waals surface area contributed by atoms with Gasteiger partial charge in [0.2, 0.25) is 5.91 Å². The Hall–Kier alpha value is -3.27. The van der Waals surface area contributed by atoms with Crippen molar-refractivity contribution in [2.75, 3.05) is 32.7 Å². The van der Waals surface area contributed by atoms with E-state index >= 15 is 0 Å². The van der Waals surface area contributed by atoms with Crippen LogP contribution in [-0.4, -0.2) is 49.0 Å². The third-order valence-electron chi connectivity index (χ3n) is 4.14. The number of carbonyl (C=O) groups is 1. The lowest BCUT2D eigenvalue weighted by Crippen LogP contribution is -2.34.